The molecule has 5 nitrogen and oxygen atoms in total. The summed E-state index contributed by atoms with van der Waals surface area (Å²) in [6, 6.07) is 1.81. The van der Waals surface area contributed by atoms with Gasteiger partial charge in [0, 0.05) is 42.5 Å². The van der Waals surface area contributed by atoms with E-state index in [9.17, 15) is 4.39 Å². The first-order chi connectivity index (χ1) is 12.6. The van der Waals surface area contributed by atoms with Crippen molar-refractivity contribution in [3.63, 3.8) is 0 Å². The second-order valence-electron chi connectivity index (χ2n) is 6.77. The molecule has 1 aliphatic heterocycles. The van der Waals surface area contributed by atoms with Crippen molar-refractivity contribution in [2.75, 3.05) is 13.1 Å². The van der Waals surface area contributed by atoms with Crippen LogP contribution in [0, 0.1) is 5.82 Å². The Bertz CT molecular complexity index is 1090. The molecule has 1 saturated heterocycles. The summed E-state index contributed by atoms with van der Waals surface area (Å²) in [6.07, 6.45) is 8.08. The number of thiazole rings is 1. The van der Waals surface area contributed by atoms with Crippen LogP contribution in [0.15, 0.2) is 24.7 Å². The second kappa shape index (κ2) is 6.04. The van der Waals surface area contributed by atoms with E-state index in [1.807, 2.05) is 22.9 Å². The minimum atomic E-state index is -0.430. The highest BCUT2D eigenvalue weighted by Crippen LogP contribution is 2.37. The molecule has 0 spiro atoms. The van der Waals surface area contributed by atoms with Gasteiger partial charge in [-0.15, -0.1) is 0 Å². The lowest BCUT2D eigenvalue weighted by Gasteiger charge is -2.20. The largest absolute Gasteiger partial charge is 0.317 e. The molecule has 0 atom stereocenters. The third-order valence-electron chi connectivity index (χ3n) is 4.99. The van der Waals surface area contributed by atoms with Gasteiger partial charge in [-0.1, -0.05) is 22.9 Å². The maximum absolute atomic E-state index is 14.8. The van der Waals surface area contributed by atoms with Gasteiger partial charge in [-0.3, -0.25) is 9.08 Å². The SMILES string of the molecule is Cn1cc2cc(-c3cn4cc(C5CCNCC5)nc4s3)c(F)c(Cl)c2n1. The Labute approximate surface area is 158 Å². The maximum Gasteiger partial charge on any atom is 0.194 e. The summed E-state index contributed by atoms with van der Waals surface area (Å²) in [5.41, 5.74) is 2.12. The first kappa shape index (κ1) is 16.2. The van der Waals surface area contributed by atoms with E-state index < -0.39 is 5.82 Å². The fraction of sp³-hybridized carbons (Fsp3) is 0.333. The van der Waals surface area contributed by atoms with Crippen molar-refractivity contribution >= 4 is 38.8 Å². The standard InChI is InChI=1S/C18H17ClFN5S/c1-24-7-11-6-12(16(20)15(19)17(11)23-24)14-9-25-8-13(22-18(25)26-14)10-2-4-21-5-3-10/h6-10,21H,2-5H2,1H3. The van der Waals surface area contributed by atoms with Gasteiger partial charge in [0.2, 0.25) is 0 Å². The smallest absolute Gasteiger partial charge is 0.194 e. The molecule has 134 valence electrons. The zero-order valence-corrected chi connectivity index (χ0v) is 15.7. The van der Waals surface area contributed by atoms with Crippen LogP contribution in [0.3, 0.4) is 0 Å². The van der Waals surface area contributed by atoms with Gasteiger partial charge in [-0.2, -0.15) is 5.10 Å². The van der Waals surface area contributed by atoms with E-state index in [1.165, 1.54) is 11.3 Å². The molecule has 4 heterocycles. The fourth-order valence-electron chi connectivity index (χ4n) is 3.66. The van der Waals surface area contributed by atoms with Crippen molar-refractivity contribution in [1.82, 2.24) is 24.5 Å². The Morgan fingerprint density at radius 3 is 2.85 bits per heavy atom. The van der Waals surface area contributed by atoms with Crippen LogP contribution in [-0.4, -0.2) is 32.3 Å². The Morgan fingerprint density at radius 2 is 2.08 bits per heavy atom. The van der Waals surface area contributed by atoms with Gasteiger partial charge in [0.15, 0.2) is 10.8 Å². The van der Waals surface area contributed by atoms with Crippen molar-refractivity contribution in [2.24, 2.45) is 7.05 Å². The average Bonchev–Trinajstić information content (AvgIpc) is 3.31. The number of halogens is 2. The molecule has 8 heteroatoms. The van der Waals surface area contributed by atoms with Crippen LogP contribution in [0.4, 0.5) is 4.39 Å². The predicted octanol–water partition coefficient (Wildman–Crippen LogP) is 4.21. The predicted molar refractivity (Wildman–Crippen MR) is 103 cm³/mol. The first-order valence-electron chi connectivity index (χ1n) is 8.61. The molecule has 1 fully saturated rings. The molecule has 0 saturated carbocycles. The highest BCUT2D eigenvalue weighted by molar-refractivity contribution is 7.20. The van der Waals surface area contributed by atoms with Crippen molar-refractivity contribution in [1.29, 1.82) is 0 Å². The quantitative estimate of drug-likeness (QED) is 0.558. The molecular formula is C18H17ClFN5S. The number of benzene rings is 1. The third-order valence-corrected chi connectivity index (χ3v) is 6.37. The molecule has 3 aromatic heterocycles. The number of piperidine rings is 1. The molecule has 4 aromatic rings. The second-order valence-corrected chi connectivity index (χ2v) is 8.16. The van der Waals surface area contributed by atoms with E-state index in [4.69, 9.17) is 16.6 Å². The van der Waals surface area contributed by atoms with Crippen LogP contribution in [0.25, 0.3) is 26.3 Å². The summed E-state index contributed by atoms with van der Waals surface area (Å²) in [5, 5.41) is 8.51. The molecule has 0 unspecified atom stereocenters. The topological polar surface area (TPSA) is 47.1 Å². The lowest BCUT2D eigenvalue weighted by atomic mass is 9.95. The third kappa shape index (κ3) is 2.53. The van der Waals surface area contributed by atoms with E-state index in [0.29, 0.717) is 17.0 Å². The highest BCUT2D eigenvalue weighted by Gasteiger charge is 2.21. The zero-order chi connectivity index (χ0) is 17.8. The lowest BCUT2D eigenvalue weighted by molar-refractivity contribution is 0.454. The molecule has 0 radical (unpaired) electrons. The van der Waals surface area contributed by atoms with Crippen LogP contribution in [0.1, 0.15) is 24.5 Å². The first-order valence-corrected chi connectivity index (χ1v) is 9.80. The fourth-order valence-corrected chi connectivity index (χ4v) is 4.89. The van der Waals surface area contributed by atoms with Gasteiger partial charge in [-0.05, 0) is 32.0 Å². The molecule has 5 rings (SSSR count). The summed E-state index contributed by atoms with van der Waals surface area (Å²) >= 11 is 7.70. The summed E-state index contributed by atoms with van der Waals surface area (Å²) in [4.78, 5) is 6.48. The Morgan fingerprint density at radius 1 is 1.27 bits per heavy atom. The molecule has 1 N–H and O–H groups in total. The van der Waals surface area contributed by atoms with Crippen molar-refractivity contribution < 1.29 is 4.39 Å². The van der Waals surface area contributed by atoms with Crippen molar-refractivity contribution in [3.05, 3.63) is 41.2 Å². The summed E-state index contributed by atoms with van der Waals surface area (Å²) in [7, 11) is 1.80. The molecule has 0 aliphatic carbocycles. The van der Waals surface area contributed by atoms with Gasteiger partial charge in [0.25, 0.3) is 0 Å². The van der Waals surface area contributed by atoms with Crippen LogP contribution < -0.4 is 5.32 Å². The number of aryl methyl sites for hydroxylation is 1. The Kier molecular flexibility index (Phi) is 3.77. The van der Waals surface area contributed by atoms with E-state index in [1.54, 1.807) is 11.7 Å². The number of nitrogens with zero attached hydrogens (tertiary/aromatic N) is 4. The van der Waals surface area contributed by atoms with Gasteiger partial charge in [-0.25, -0.2) is 9.37 Å². The summed E-state index contributed by atoms with van der Waals surface area (Å²) in [5.74, 6) is 0.0747. The minimum absolute atomic E-state index is 0.0690. The monoisotopic (exact) mass is 389 g/mol. The van der Waals surface area contributed by atoms with Crippen LogP contribution in [-0.2, 0) is 7.05 Å². The molecule has 0 amide bonds. The minimum Gasteiger partial charge on any atom is -0.317 e. The number of nitrogens with one attached hydrogen (secondary N) is 1. The molecule has 1 aromatic carbocycles. The Balaban J connectivity index is 1.57. The number of imidazole rings is 1. The van der Waals surface area contributed by atoms with E-state index in [0.717, 1.165) is 46.8 Å². The van der Waals surface area contributed by atoms with Gasteiger partial charge in [0.05, 0.1) is 10.6 Å². The van der Waals surface area contributed by atoms with E-state index in [-0.39, 0.29) is 5.02 Å². The number of hydrogen-bond acceptors (Lipinski definition) is 4. The van der Waals surface area contributed by atoms with Crippen LogP contribution >= 0.6 is 22.9 Å². The van der Waals surface area contributed by atoms with Crippen molar-refractivity contribution in [2.45, 2.75) is 18.8 Å². The summed E-state index contributed by atoms with van der Waals surface area (Å²) < 4.78 is 18.5. The molecule has 26 heavy (non-hydrogen) atoms. The number of aromatic nitrogens is 4. The van der Waals surface area contributed by atoms with E-state index >= 15 is 0 Å². The van der Waals surface area contributed by atoms with Gasteiger partial charge in [0.1, 0.15) is 10.5 Å². The van der Waals surface area contributed by atoms with Crippen molar-refractivity contribution in [3.8, 4) is 10.4 Å². The summed E-state index contributed by atoms with van der Waals surface area (Å²) in [6.45, 7) is 2.08. The normalized spacial score (nSPS) is 16.1. The molecular weight excluding hydrogens is 373 g/mol. The Hall–Kier alpha value is -1.96. The number of rotatable bonds is 2. The average molecular weight is 390 g/mol. The lowest BCUT2D eigenvalue weighted by Crippen LogP contribution is -2.26. The van der Waals surface area contributed by atoms with E-state index in [2.05, 4.69) is 16.6 Å². The van der Waals surface area contributed by atoms with Crippen LogP contribution in [0.2, 0.25) is 5.02 Å². The van der Waals surface area contributed by atoms with Gasteiger partial charge < -0.3 is 5.32 Å². The number of fused-ring (bicyclic) bond motifs is 2. The highest BCUT2D eigenvalue weighted by atomic mass is 35.5. The molecule has 1 aliphatic rings. The maximum atomic E-state index is 14.8. The van der Waals surface area contributed by atoms with Crippen LogP contribution in [0.5, 0.6) is 0 Å². The van der Waals surface area contributed by atoms with Gasteiger partial charge >= 0.3 is 0 Å². The molecule has 0 bridgehead atoms. The zero-order valence-electron chi connectivity index (χ0n) is 14.2. The number of hydrogen-bond donors (Lipinski definition) is 1.